The molecule has 0 aromatic heterocycles. The van der Waals surface area contributed by atoms with Crippen molar-refractivity contribution in [3.05, 3.63) is 58.1 Å². The molecule has 1 amide bonds. The van der Waals surface area contributed by atoms with E-state index in [0.29, 0.717) is 17.1 Å². The van der Waals surface area contributed by atoms with Gasteiger partial charge in [0.15, 0.2) is 0 Å². The Morgan fingerprint density at radius 2 is 1.70 bits per heavy atom. The summed E-state index contributed by atoms with van der Waals surface area (Å²) < 4.78 is 15.1. The highest BCUT2D eigenvalue weighted by molar-refractivity contribution is 5.85. The Balaban J connectivity index is 2.19. The van der Waals surface area contributed by atoms with Crippen molar-refractivity contribution in [3.8, 4) is 11.5 Å². The second-order valence-electron chi connectivity index (χ2n) is 6.17. The molecule has 2 rings (SSSR count). The van der Waals surface area contributed by atoms with E-state index in [2.05, 4.69) is 10.1 Å². The monoisotopic (exact) mass is 417 g/mol. The first-order valence-electron chi connectivity index (χ1n) is 8.91. The van der Waals surface area contributed by atoms with E-state index in [9.17, 15) is 19.7 Å². The molecule has 1 N–H and O–H groups in total. The van der Waals surface area contributed by atoms with Crippen LogP contribution >= 0.6 is 0 Å². The fourth-order valence-corrected chi connectivity index (χ4v) is 2.70. The van der Waals surface area contributed by atoms with Crippen LogP contribution in [0.4, 0.5) is 11.4 Å². The minimum absolute atomic E-state index is 0.0834. The molecule has 0 saturated carbocycles. The molecule has 2 aromatic carbocycles. The molecular weight excluding hydrogens is 394 g/mol. The summed E-state index contributed by atoms with van der Waals surface area (Å²) in [7, 11) is 4.24. The molecule has 10 nitrogen and oxygen atoms in total. The van der Waals surface area contributed by atoms with E-state index < -0.39 is 16.8 Å². The first kappa shape index (κ1) is 22.5. The lowest BCUT2D eigenvalue weighted by molar-refractivity contribution is -0.383. The molecule has 0 heterocycles. The Morgan fingerprint density at radius 1 is 1.07 bits per heavy atom. The number of nitrogens with one attached hydrogen (secondary N) is 1. The van der Waals surface area contributed by atoms with Gasteiger partial charge in [0.2, 0.25) is 5.91 Å². The lowest BCUT2D eigenvalue weighted by Crippen LogP contribution is -2.39. The topological polar surface area (TPSA) is 120 Å². The third kappa shape index (κ3) is 6.09. The van der Waals surface area contributed by atoms with Crippen molar-refractivity contribution in [1.82, 2.24) is 4.90 Å². The second kappa shape index (κ2) is 10.6. The van der Waals surface area contributed by atoms with Gasteiger partial charge in [0.05, 0.1) is 32.8 Å². The first-order chi connectivity index (χ1) is 14.4. The molecule has 0 unspecified atom stereocenters. The smallest absolute Gasteiger partial charge is 0.325 e. The lowest BCUT2D eigenvalue weighted by atomic mass is 10.2. The van der Waals surface area contributed by atoms with Gasteiger partial charge >= 0.3 is 5.97 Å². The van der Waals surface area contributed by atoms with Crippen LogP contribution in [0.1, 0.15) is 5.56 Å². The number of esters is 1. The number of carbonyl (C=O) groups is 2. The predicted octanol–water partition coefficient (Wildman–Crippen LogP) is 2.23. The summed E-state index contributed by atoms with van der Waals surface area (Å²) in [6.07, 6.45) is 0. The zero-order valence-electron chi connectivity index (χ0n) is 16.9. The van der Waals surface area contributed by atoms with Gasteiger partial charge in [-0.25, -0.2) is 0 Å². The summed E-state index contributed by atoms with van der Waals surface area (Å²) in [4.78, 5) is 36.5. The molecule has 0 radical (unpaired) electrons. The summed E-state index contributed by atoms with van der Waals surface area (Å²) in [6, 6.07) is 11.1. The normalized spacial score (nSPS) is 10.1. The predicted molar refractivity (Wildman–Crippen MR) is 109 cm³/mol. The molecule has 160 valence electrons. The number of methoxy groups -OCH3 is 3. The van der Waals surface area contributed by atoms with E-state index in [0.717, 1.165) is 0 Å². The maximum Gasteiger partial charge on any atom is 0.325 e. The summed E-state index contributed by atoms with van der Waals surface area (Å²) in [5, 5.41) is 13.9. The Hall–Kier alpha value is -3.82. The van der Waals surface area contributed by atoms with Crippen LogP contribution in [-0.2, 0) is 20.9 Å². The van der Waals surface area contributed by atoms with Crippen LogP contribution in [0, 0.1) is 10.1 Å². The molecule has 0 aliphatic heterocycles. The average molecular weight is 417 g/mol. The SMILES string of the molecule is COC(=O)CN(Cc1cc(OC)cc(OC)c1)C(=O)CNc1ccccc1[N+](=O)[O-]. The standard InChI is InChI=1S/C20H23N3O7/c1-28-15-8-14(9-16(10-15)29-2)12-22(13-20(25)30-3)19(24)11-21-17-6-4-5-7-18(17)23(26)27/h4-10,21H,11-13H2,1-3H3. The Morgan fingerprint density at radius 3 is 2.27 bits per heavy atom. The van der Waals surface area contributed by atoms with Crippen molar-refractivity contribution in [1.29, 1.82) is 0 Å². The highest BCUT2D eigenvalue weighted by Gasteiger charge is 2.20. The summed E-state index contributed by atoms with van der Waals surface area (Å²) in [5.74, 6) is 0.0324. The minimum atomic E-state index is -0.594. The van der Waals surface area contributed by atoms with Gasteiger partial charge in [0.25, 0.3) is 5.69 Å². The van der Waals surface area contributed by atoms with Gasteiger partial charge in [-0.05, 0) is 23.8 Å². The third-order valence-electron chi connectivity index (χ3n) is 4.22. The third-order valence-corrected chi connectivity index (χ3v) is 4.22. The van der Waals surface area contributed by atoms with Gasteiger partial charge in [-0.15, -0.1) is 0 Å². The van der Waals surface area contributed by atoms with E-state index in [1.807, 2.05) is 0 Å². The number of carbonyl (C=O) groups excluding carboxylic acids is 2. The van der Waals surface area contributed by atoms with Crippen molar-refractivity contribution >= 4 is 23.3 Å². The summed E-state index contributed by atoms with van der Waals surface area (Å²) in [6.45, 7) is -0.448. The zero-order chi connectivity index (χ0) is 22.1. The fraction of sp³-hybridized carbons (Fsp3) is 0.300. The van der Waals surface area contributed by atoms with Gasteiger partial charge < -0.3 is 24.4 Å². The molecule has 0 aliphatic rings. The van der Waals surface area contributed by atoms with Gasteiger partial charge in [-0.3, -0.25) is 19.7 Å². The number of nitro groups is 1. The molecule has 0 atom stereocenters. The molecule has 0 spiro atoms. The van der Waals surface area contributed by atoms with Gasteiger partial charge in [-0.1, -0.05) is 12.1 Å². The van der Waals surface area contributed by atoms with Crippen LogP contribution in [0.3, 0.4) is 0 Å². The van der Waals surface area contributed by atoms with E-state index in [1.54, 1.807) is 24.3 Å². The van der Waals surface area contributed by atoms with Crippen LogP contribution in [0.2, 0.25) is 0 Å². The molecule has 0 fully saturated rings. The van der Waals surface area contributed by atoms with E-state index >= 15 is 0 Å². The van der Waals surface area contributed by atoms with Crippen LogP contribution in [-0.4, -0.2) is 56.1 Å². The highest BCUT2D eigenvalue weighted by atomic mass is 16.6. The van der Waals surface area contributed by atoms with Gasteiger partial charge in [0.1, 0.15) is 23.7 Å². The minimum Gasteiger partial charge on any atom is -0.497 e. The fourth-order valence-electron chi connectivity index (χ4n) is 2.70. The number of benzene rings is 2. The number of hydrogen-bond donors (Lipinski definition) is 1. The van der Waals surface area contributed by atoms with Gasteiger partial charge in [-0.2, -0.15) is 0 Å². The van der Waals surface area contributed by atoms with Crippen molar-refractivity contribution in [3.63, 3.8) is 0 Å². The van der Waals surface area contributed by atoms with Crippen molar-refractivity contribution in [2.75, 3.05) is 39.7 Å². The number of nitrogens with zero attached hydrogens (tertiary/aromatic N) is 2. The molecule has 30 heavy (non-hydrogen) atoms. The zero-order valence-corrected chi connectivity index (χ0v) is 16.9. The number of para-hydroxylation sites is 2. The van der Waals surface area contributed by atoms with Gasteiger partial charge in [0, 0.05) is 18.7 Å². The molecule has 0 saturated heterocycles. The van der Waals surface area contributed by atoms with Crippen LogP contribution in [0.5, 0.6) is 11.5 Å². The summed E-state index contributed by atoms with van der Waals surface area (Å²) >= 11 is 0. The van der Waals surface area contributed by atoms with Crippen molar-refractivity contribution in [2.45, 2.75) is 6.54 Å². The number of amides is 1. The Bertz CT molecular complexity index is 895. The number of nitro benzene ring substituents is 1. The number of ether oxygens (including phenoxy) is 3. The maximum atomic E-state index is 12.8. The Labute approximate surface area is 173 Å². The highest BCUT2D eigenvalue weighted by Crippen LogP contribution is 2.24. The lowest BCUT2D eigenvalue weighted by Gasteiger charge is -2.22. The van der Waals surface area contributed by atoms with E-state index in [4.69, 9.17) is 9.47 Å². The van der Waals surface area contributed by atoms with E-state index in [1.165, 1.54) is 44.4 Å². The average Bonchev–Trinajstić information content (AvgIpc) is 2.76. The molecule has 0 bridgehead atoms. The van der Waals surface area contributed by atoms with Crippen molar-refractivity contribution < 1.29 is 28.7 Å². The quantitative estimate of drug-likeness (QED) is 0.355. The maximum absolute atomic E-state index is 12.8. The van der Waals surface area contributed by atoms with E-state index in [-0.39, 0.29) is 31.0 Å². The number of rotatable bonds is 10. The molecular formula is C20H23N3O7. The van der Waals surface area contributed by atoms with Crippen LogP contribution in [0.15, 0.2) is 42.5 Å². The van der Waals surface area contributed by atoms with Crippen LogP contribution in [0.25, 0.3) is 0 Å². The molecule has 10 heteroatoms. The van der Waals surface area contributed by atoms with Crippen LogP contribution < -0.4 is 14.8 Å². The molecule has 0 aliphatic carbocycles. The van der Waals surface area contributed by atoms with Crippen molar-refractivity contribution in [2.24, 2.45) is 0 Å². The second-order valence-corrected chi connectivity index (χ2v) is 6.17. The molecule has 2 aromatic rings. The first-order valence-corrected chi connectivity index (χ1v) is 8.91. The summed E-state index contributed by atoms with van der Waals surface area (Å²) in [5.41, 5.74) is 0.730. The number of anilines is 1. The number of hydrogen-bond acceptors (Lipinski definition) is 8. The largest absolute Gasteiger partial charge is 0.497 e. The Kier molecular flexibility index (Phi) is 7.98.